The van der Waals surface area contributed by atoms with Gasteiger partial charge >= 0.3 is 6.18 Å². The van der Waals surface area contributed by atoms with Crippen molar-refractivity contribution in [1.82, 2.24) is 23.6 Å². The number of rotatable bonds is 4. The molecule has 0 N–H and O–H groups in total. The lowest BCUT2D eigenvalue weighted by Crippen LogP contribution is -2.46. The maximum absolute atomic E-state index is 13.6. The Kier molecular flexibility index (Phi) is 4.88. The van der Waals surface area contributed by atoms with E-state index in [1.807, 2.05) is 6.92 Å². The SMILES string of the molecule is Cc1cn(-c2ccc3n(c2=O)CCN(CCn2c(C(F)(F)F)cc4ccccc42)C3=O)cn1. The third-order valence-corrected chi connectivity index (χ3v) is 5.94. The smallest absolute Gasteiger partial charge is 0.335 e. The van der Waals surface area contributed by atoms with Crippen molar-refractivity contribution in [2.75, 3.05) is 13.1 Å². The number of hydrogen-bond acceptors (Lipinski definition) is 3. The molecule has 0 bridgehead atoms. The lowest BCUT2D eigenvalue weighted by molar-refractivity contribution is -0.143. The molecule has 0 aliphatic carbocycles. The topological polar surface area (TPSA) is 65.1 Å². The maximum Gasteiger partial charge on any atom is 0.431 e. The van der Waals surface area contributed by atoms with Gasteiger partial charge in [0, 0.05) is 43.3 Å². The molecule has 0 saturated carbocycles. The second kappa shape index (κ2) is 7.65. The normalized spacial score (nSPS) is 14.2. The Bertz CT molecular complexity index is 1430. The highest BCUT2D eigenvalue weighted by Gasteiger charge is 2.35. The molecule has 0 spiro atoms. The van der Waals surface area contributed by atoms with E-state index in [1.165, 1.54) is 20.4 Å². The number of halogens is 3. The minimum Gasteiger partial charge on any atom is -0.335 e. The molecule has 0 saturated heterocycles. The van der Waals surface area contributed by atoms with Crippen LogP contribution in [0.2, 0.25) is 0 Å². The van der Waals surface area contributed by atoms with Crippen molar-refractivity contribution < 1.29 is 18.0 Å². The Balaban J connectivity index is 1.42. The van der Waals surface area contributed by atoms with Crippen LogP contribution in [0.4, 0.5) is 13.2 Å². The van der Waals surface area contributed by atoms with Gasteiger partial charge in [-0.2, -0.15) is 13.2 Å². The van der Waals surface area contributed by atoms with Crippen molar-refractivity contribution in [2.24, 2.45) is 0 Å². The first-order chi connectivity index (χ1) is 15.7. The van der Waals surface area contributed by atoms with E-state index in [1.54, 1.807) is 47.2 Å². The number of aryl methyl sites for hydroxylation is 1. The number of amides is 1. The summed E-state index contributed by atoms with van der Waals surface area (Å²) in [5.41, 5.74) is 0.773. The van der Waals surface area contributed by atoms with Crippen molar-refractivity contribution in [3.05, 3.63) is 82.4 Å². The number of carbonyl (C=O) groups excluding carboxylic acids is 1. The molecule has 7 nitrogen and oxygen atoms in total. The van der Waals surface area contributed by atoms with Gasteiger partial charge in [-0.05, 0) is 31.2 Å². The standard InChI is InChI=1S/C23H20F3N5O2/c1-15-13-29(14-27-15)18-6-7-19-21(32)28(9-11-31(19)22(18)33)8-10-30-17-5-3-2-4-16(17)12-20(30)23(24,25)26/h2-7,12-14H,8-11H2,1H3. The predicted molar refractivity (Wildman–Crippen MR) is 115 cm³/mol. The average Bonchev–Trinajstić information content (AvgIpc) is 3.37. The number of pyridine rings is 1. The maximum atomic E-state index is 13.6. The zero-order valence-electron chi connectivity index (χ0n) is 17.7. The van der Waals surface area contributed by atoms with Gasteiger partial charge in [-0.25, -0.2) is 4.98 Å². The van der Waals surface area contributed by atoms with Crippen LogP contribution in [-0.4, -0.2) is 42.6 Å². The van der Waals surface area contributed by atoms with Gasteiger partial charge in [0.2, 0.25) is 0 Å². The Morgan fingerprint density at radius 1 is 1.03 bits per heavy atom. The summed E-state index contributed by atoms with van der Waals surface area (Å²) in [6.07, 6.45) is -1.25. The molecule has 10 heteroatoms. The summed E-state index contributed by atoms with van der Waals surface area (Å²) in [5, 5.41) is 0.494. The van der Waals surface area contributed by atoms with Crippen molar-refractivity contribution in [2.45, 2.75) is 26.2 Å². The van der Waals surface area contributed by atoms with Crippen LogP contribution in [0.3, 0.4) is 0 Å². The minimum absolute atomic E-state index is 0.00920. The average molecular weight is 455 g/mol. The van der Waals surface area contributed by atoms with E-state index >= 15 is 0 Å². The lowest BCUT2D eigenvalue weighted by Gasteiger charge is -2.30. The molecule has 4 heterocycles. The molecular weight excluding hydrogens is 435 g/mol. The van der Waals surface area contributed by atoms with Gasteiger partial charge in [-0.3, -0.25) is 9.59 Å². The first-order valence-electron chi connectivity index (χ1n) is 10.4. The van der Waals surface area contributed by atoms with Gasteiger partial charge in [-0.15, -0.1) is 0 Å². The molecule has 0 fully saturated rings. The molecule has 170 valence electrons. The van der Waals surface area contributed by atoms with Crippen LogP contribution in [0.5, 0.6) is 0 Å². The summed E-state index contributed by atoms with van der Waals surface area (Å²) in [6.45, 7) is 2.40. The first-order valence-corrected chi connectivity index (χ1v) is 10.4. The van der Waals surface area contributed by atoms with Gasteiger partial charge in [0.15, 0.2) is 0 Å². The van der Waals surface area contributed by atoms with E-state index in [4.69, 9.17) is 0 Å². The van der Waals surface area contributed by atoms with E-state index in [0.717, 1.165) is 11.8 Å². The van der Waals surface area contributed by atoms with Crippen LogP contribution in [0.1, 0.15) is 21.9 Å². The number of fused-ring (bicyclic) bond motifs is 2. The summed E-state index contributed by atoms with van der Waals surface area (Å²) < 4.78 is 45.0. The molecule has 33 heavy (non-hydrogen) atoms. The predicted octanol–water partition coefficient (Wildman–Crippen LogP) is 3.47. The molecule has 1 aliphatic rings. The summed E-state index contributed by atoms with van der Waals surface area (Å²) in [5.74, 6) is -0.378. The van der Waals surface area contributed by atoms with Crippen LogP contribution in [0, 0.1) is 6.92 Å². The Labute approximate surface area is 186 Å². The van der Waals surface area contributed by atoms with Crippen LogP contribution in [0.25, 0.3) is 16.6 Å². The number of hydrogen-bond donors (Lipinski definition) is 0. The Morgan fingerprint density at radius 2 is 1.82 bits per heavy atom. The summed E-state index contributed by atoms with van der Waals surface area (Å²) in [4.78, 5) is 31.6. The van der Waals surface area contributed by atoms with Gasteiger partial charge in [-0.1, -0.05) is 18.2 Å². The fourth-order valence-electron chi connectivity index (χ4n) is 4.33. The highest BCUT2D eigenvalue weighted by molar-refractivity contribution is 5.93. The van der Waals surface area contributed by atoms with Crippen LogP contribution in [0.15, 0.2) is 59.8 Å². The number of nitrogens with zero attached hydrogens (tertiary/aromatic N) is 5. The minimum atomic E-state index is -4.51. The van der Waals surface area contributed by atoms with Gasteiger partial charge in [0.1, 0.15) is 17.1 Å². The molecule has 1 amide bonds. The Hall–Kier alpha value is -3.82. The van der Waals surface area contributed by atoms with E-state index in [-0.39, 0.29) is 43.3 Å². The number of para-hydroxylation sites is 1. The lowest BCUT2D eigenvalue weighted by atomic mass is 10.2. The molecule has 5 rings (SSSR count). The zero-order chi connectivity index (χ0) is 23.3. The quantitative estimate of drug-likeness (QED) is 0.473. The van der Waals surface area contributed by atoms with Crippen molar-refractivity contribution in [3.63, 3.8) is 0 Å². The number of benzene rings is 1. The van der Waals surface area contributed by atoms with E-state index in [0.29, 0.717) is 16.6 Å². The molecule has 1 aliphatic heterocycles. The van der Waals surface area contributed by atoms with E-state index in [9.17, 15) is 22.8 Å². The number of aromatic nitrogens is 4. The molecule has 1 aromatic carbocycles. The van der Waals surface area contributed by atoms with Gasteiger partial charge in [0.25, 0.3) is 11.5 Å². The molecule has 4 aromatic rings. The highest BCUT2D eigenvalue weighted by Crippen LogP contribution is 2.34. The van der Waals surface area contributed by atoms with Crippen LogP contribution >= 0.6 is 0 Å². The monoisotopic (exact) mass is 455 g/mol. The highest BCUT2D eigenvalue weighted by atomic mass is 19.4. The van der Waals surface area contributed by atoms with Crippen molar-refractivity contribution in [3.8, 4) is 5.69 Å². The van der Waals surface area contributed by atoms with E-state index < -0.39 is 11.9 Å². The van der Waals surface area contributed by atoms with Crippen LogP contribution in [-0.2, 0) is 19.3 Å². The zero-order valence-corrected chi connectivity index (χ0v) is 17.7. The second-order valence-corrected chi connectivity index (χ2v) is 8.01. The van der Waals surface area contributed by atoms with Crippen molar-refractivity contribution >= 4 is 16.8 Å². The number of alkyl halides is 3. The second-order valence-electron chi connectivity index (χ2n) is 8.01. The largest absolute Gasteiger partial charge is 0.431 e. The number of carbonyl (C=O) groups is 1. The molecule has 0 radical (unpaired) electrons. The number of imidazole rings is 1. The first kappa shape index (κ1) is 21.0. The molecular formula is C23H20F3N5O2. The van der Waals surface area contributed by atoms with Crippen LogP contribution < -0.4 is 5.56 Å². The van der Waals surface area contributed by atoms with Gasteiger partial charge < -0.3 is 18.6 Å². The molecule has 0 unspecified atom stereocenters. The Morgan fingerprint density at radius 3 is 2.55 bits per heavy atom. The summed E-state index contributed by atoms with van der Waals surface area (Å²) >= 11 is 0. The summed E-state index contributed by atoms with van der Waals surface area (Å²) in [6, 6.07) is 10.9. The third kappa shape index (κ3) is 3.61. The molecule has 0 atom stereocenters. The third-order valence-electron chi connectivity index (χ3n) is 5.94. The van der Waals surface area contributed by atoms with Crippen molar-refractivity contribution in [1.29, 1.82) is 0 Å². The van der Waals surface area contributed by atoms with E-state index in [2.05, 4.69) is 4.98 Å². The fraction of sp³-hybridized carbons (Fsp3) is 0.261. The molecule has 3 aromatic heterocycles. The summed E-state index contributed by atoms with van der Waals surface area (Å²) in [7, 11) is 0. The fourth-order valence-corrected chi connectivity index (χ4v) is 4.33. The van der Waals surface area contributed by atoms with Gasteiger partial charge in [0.05, 0.1) is 12.0 Å².